The fourth-order valence-electron chi connectivity index (χ4n) is 3.69. The summed E-state index contributed by atoms with van der Waals surface area (Å²) in [5, 5.41) is 1.18. The zero-order valence-corrected chi connectivity index (χ0v) is 17.7. The Bertz CT molecular complexity index is 1130. The first-order valence-corrected chi connectivity index (χ1v) is 11.1. The molecule has 0 amide bonds. The summed E-state index contributed by atoms with van der Waals surface area (Å²) in [5.41, 5.74) is 1.15. The van der Waals surface area contributed by atoms with E-state index in [0.29, 0.717) is 23.7 Å². The van der Waals surface area contributed by atoms with Crippen LogP contribution in [0.2, 0.25) is 0 Å². The second-order valence-electron chi connectivity index (χ2n) is 7.31. The van der Waals surface area contributed by atoms with Crippen molar-refractivity contribution in [2.45, 2.75) is 37.3 Å². The average Bonchev–Trinajstić information content (AvgIpc) is 3.36. The second-order valence-corrected chi connectivity index (χ2v) is 9.25. The van der Waals surface area contributed by atoms with Crippen molar-refractivity contribution in [3.05, 3.63) is 60.8 Å². The molecule has 0 aliphatic carbocycles. The van der Waals surface area contributed by atoms with Crippen LogP contribution in [0.4, 0.5) is 0 Å². The zero-order valence-electron chi connectivity index (χ0n) is 16.9. The highest BCUT2D eigenvalue weighted by Gasteiger charge is 2.33. The van der Waals surface area contributed by atoms with Crippen molar-refractivity contribution in [1.29, 1.82) is 0 Å². The number of fused-ring (bicyclic) bond motifs is 1. The van der Waals surface area contributed by atoms with Gasteiger partial charge in [-0.1, -0.05) is 18.2 Å². The van der Waals surface area contributed by atoms with Crippen molar-refractivity contribution < 1.29 is 22.7 Å². The summed E-state index contributed by atoms with van der Waals surface area (Å²) in [4.78, 5) is 16.6. The molecule has 2 heterocycles. The van der Waals surface area contributed by atoms with Gasteiger partial charge in [0.1, 0.15) is 5.75 Å². The molecule has 1 atom stereocenters. The molecule has 0 spiro atoms. The molecule has 0 N–H and O–H groups in total. The number of hydrogen-bond acceptors (Lipinski definition) is 5. The van der Waals surface area contributed by atoms with Crippen molar-refractivity contribution in [2.75, 3.05) is 13.1 Å². The molecule has 7 nitrogen and oxygen atoms in total. The van der Waals surface area contributed by atoms with Crippen LogP contribution >= 0.6 is 0 Å². The Morgan fingerprint density at radius 2 is 1.70 bits per heavy atom. The van der Waals surface area contributed by atoms with Crippen LogP contribution in [0.5, 0.6) is 5.75 Å². The quantitative estimate of drug-likeness (QED) is 0.621. The van der Waals surface area contributed by atoms with Gasteiger partial charge in [-0.25, -0.2) is 8.42 Å². The SMILES string of the molecule is CC(C)Oc1ccc(S(=O)(=O)N2CCC(n3ccc4ccccc43)C2)cc1.O=C=O. The largest absolute Gasteiger partial charge is 0.491 e. The van der Waals surface area contributed by atoms with Gasteiger partial charge in [0.05, 0.1) is 11.0 Å². The normalized spacial score (nSPS) is 16.8. The van der Waals surface area contributed by atoms with Crippen LogP contribution in [0.3, 0.4) is 0 Å². The average molecular weight is 429 g/mol. The first-order valence-electron chi connectivity index (χ1n) is 9.68. The molecule has 0 saturated carbocycles. The van der Waals surface area contributed by atoms with Crippen LogP contribution in [-0.2, 0) is 19.6 Å². The molecular weight excluding hydrogens is 404 g/mol. The van der Waals surface area contributed by atoms with Gasteiger partial charge in [0.15, 0.2) is 0 Å². The molecule has 4 rings (SSSR count). The summed E-state index contributed by atoms with van der Waals surface area (Å²) < 4.78 is 35.4. The standard InChI is InChI=1S/C21H24N2O3S.CO2/c1-16(2)26-19-7-9-20(10-8-19)27(24,25)22-13-12-18(15-22)23-14-11-17-5-3-4-6-21(17)23;2-1-3/h3-11,14,16,18H,12-13,15H2,1-2H3;. The summed E-state index contributed by atoms with van der Waals surface area (Å²) >= 11 is 0. The van der Waals surface area contributed by atoms with Crippen LogP contribution in [0, 0.1) is 0 Å². The predicted octanol–water partition coefficient (Wildman–Crippen LogP) is 3.48. The van der Waals surface area contributed by atoms with Crippen LogP contribution in [-0.4, -0.2) is 42.6 Å². The molecule has 1 unspecified atom stereocenters. The number of para-hydroxylation sites is 1. The number of nitrogens with zero attached hydrogens (tertiary/aromatic N) is 2. The third-order valence-corrected chi connectivity index (χ3v) is 6.86. The van der Waals surface area contributed by atoms with Crippen molar-refractivity contribution >= 4 is 27.1 Å². The molecule has 1 aliphatic heterocycles. The van der Waals surface area contributed by atoms with Crippen LogP contribution < -0.4 is 4.74 Å². The molecule has 1 aromatic heterocycles. The van der Waals surface area contributed by atoms with E-state index < -0.39 is 10.0 Å². The first kappa shape index (κ1) is 21.8. The van der Waals surface area contributed by atoms with Gasteiger partial charge in [-0.05, 0) is 62.1 Å². The highest BCUT2D eigenvalue weighted by Crippen LogP contribution is 2.31. The molecule has 8 heteroatoms. The van der Waals surface area contributed by atoms with Crippen molar-refractivity contribution in [3.63, 3.8) is 0 Å². The van der Waals surface area contributed by atoms with E-state index in [-0.39, 0.29) is 18.3 Å². The van der Waals surface area contributed by atoms with Crippen molar-refractivity contribution in [2.24, 2.45) is 0 Å². The minimum atomic E-state index is -3.50. The Hall–Kier alpha value is -2.93. The van der Waals surface area contributed by atoms with Gasteiger partial charge >= 0.3 is 6.15 Å². The zero-order chi connectivity index (χ0) is 21.7. The lowest BCUT2D eigenvalue weighted by atomic mass is 10.2. The van der Waals surface area contributed by atoms with Crippen LogP contribution in [0.25, 0.3) is 10.9 Å². The highest BCUT2D eigenvalue weighted by molar-refractivity contribution is 7.89. The van der Waals surface area contributed by atoms with Crippen LogP contribution in [0.1, 0.15) is 26.3 Å². The van der Waals surface area contributed by atoms with E-state index in [1.165, 1.54) is 5.39 Å². The summed E-state index contributed by atoms with van der Waals surface area (Å²) in [6, 6.07) is 17.1. The van der Waals surface area contributed by atoms with Gasteiger partial charge in [0, 0.05) is 30.8 Å². The molecule has 1 saturated heterocycles. The highest BCUT2D eigenvalue weighted by atomic mass is 32.2. The van der Waals surface area contributed by atoms with Gasteiger partial charge in [-0.3, -0.25) is 0 Å². The molecule has 0 radical (unpaired) electrons. The molecule has 1 aliphatic rings. The molecule has 3 aromatic rings. The van der Waals surface area contributed by atoms with E-state index in [4.69, 9.17) is 14.3 Å². The van der Waals surface area contributed by atoms with E-state index in [2.05, 4.69) is 29.0 Å². The Labute approximate surface area is 175 Å². The number of hydrogen-bond donors (Lipinski definition) is 0. The monoisotopic (exact) mass is 428 g/mol. The molecule has 2 aromatic carbocycles. The Morgan fingerprint density at radius 3 is 2.37 bits per heavy atom. The number of rotatable bonds is 5. The summed E-state index contributed by atoms with van der Waals surface area (Å²) in [6.07, 6.45) is 3.18. The maximum absolute atomic E-state index is 13.0. The summed E-state index contributed by atoms with van der Waals surface area (Å²) in [5.74, 6) is 0.682. The van der Waals surface area contributed by atoms with E-state index in [1.54, 1.807) is 28.6 Å². The van der Waals surface area contributed by atoms with Gasteiger partial charge in [0.25, 0.3) is 0 Å². The van der Waals surface area contributed by atoms with Gasteiger partial charge in [-0.2, -0.15) is 13.9 Å². The fraction of sp³-hybridized carbons (Fsp3) is 0.318. The Morgan fingerprint density at radius 1 is 1.03 bits per heavy atom. The summed E-state index contributed by atoms with van der Waals surface area (Å²) in [6.45, 7) is 4.91. The first-order chi connectivity index (χ1) is 14.4. The van der Waals surface area contributed by atoms with Gasteiger partial charge < -0.3 is 9.30 Å². The van der Waals surface area contributed by atoms with Crippen LogP contribution in [0.15, 0.2) is 65.7 Å². The van der Waals surface area contributed by atoms with Gasteiger partial charge in [0.2, 0.25) is 10.0 Å². The Balaban J connectivity index is 0.000000806. The molecule has 0 bridgehead atoms. The number of carbonyl (C=O) groups excluding carboxylic acids is 2. The minimum Gasteiger partial charge on any atom is -0.491 e. The smallest absolute Gasteiger partial charge is 0.373 e. The Kier molecular flexibility index (Phi) is 6.72. The second kappa shape index (κ2) is 9.26. The van der Waals surface area contributed by atoms with E-state index in [0.717, 1.165) is 11.9 Å². The molecular formula is C22H24N2O5S. The molecule has 158 valence electrons. The number of benzene rings is 2. The predicted molar refractivity (Wildman–Crippen MR) is 112 cm³/mol. The maximum Gasteiger partial charge on any atom is 0.373 e. The maximum atomic E-state index is 13.0. The van der Waals surface area contributed by atoms with E-state index in [1.807, 2.05) is 26.0 Å². The number of sulfonamides is 1. The number of aromatic nitrogens is 1. The molecule has 1 fully saturated rings. The minimum absolute atomic E-state index is 0.0585. The summed E-state index contributed by atoms with van der Waals surface area (Å²) in [7, 11) is -3.50. The third-order valence-electron chi connectivity index (χ3n) is 4.98. The van der Waals surface area contributed by atoms with E-state index >= 15 is 0 Å². The number of ether oxygens (including phenoxy) is 1. The lowest BCUT2D eigenvalue weighted by Crippen LogP contribution is -2.29. The third kappa shape index (κ3) is 4.62. The van der Waals surface area contributed by atoms with Crippen molar-refractivity contribution in [1.82, 2.24) is 8.87 Å². The van der Waals surface area contributed by atoms with Gasteiger partial charge in [-0.15, -0.1) is 0 Å². The lowest BCUT2D eigenvalue weighted by molar-refractivity contribution is -0.191. The molecule has 30 heavy (non-hydrogen) atoms. The van der Waals surface area contributed by atoms with E-state index in [9.17, 15) is 8.42 Å². The fourth-order valence-corrected chi connectivity index (χ4v) is 5.18. The van der Waals surface area contributed by atoms with Crippen molar-refractivity contribution in [3.8, 4) is 5.75 Å². The topological polar surface area (TPSA) is 85.7 Å². The lowest BCUT2D eigenvalue weighted by Gasteiger charge is -2.18.